The van der Waals surface area contributed by atoms with E-state index < -0.39 is 0 Å². The fourth-order valence-electron chi connectivity index (χ4n) is 3.61. The predicted molar refractivity (Wildman–Crippen MR) is 83.8 cm³/mol. The lowest BCUT2D eigenvalue weighted by molar-refractivity contribution is 0.0937. The lowest BCUT2D eigenvalue weighted by Crippen LogP contribution is -2.38. The van der Waals surface area contributed by atoms with Crippen molar-refractivity contribution >= 4 is 5.78 Å². The van der Waals surface area contributed by atoms with Gasteiger partial charge in [-0.2, -0.15) is 0 Å². The Morgan fingerprint density at radius 3 is 2.64 bits per heavy atom. The molecule has 22 heavy (non-hydrogen) atoms. The molecular formula is C18H17NO3. The van der Waals surface area contributed by atoms with Gasteiger partial charge < -0.3 is 14.8 Å². The average molecular weight is 295 g/mol. The van der Waals surface area contributed by atoms with Gasteiger partial charge in [0.1, 0.15) is 0 Å². The largest absolute Gasteiger partial charge is 0.493 e. The number of carbonyl (C=O) groups is 1. The highest BCUT2D eigenvalue weighted by atomic mass is 16.5. The van der Waals surface area contributed by atoms with Crippen LogP contribution >= 0.6 is 0 Å². The first-order valence-electron chi connectivity index (χ1n) is 7.41. The van der Waals surface area contributed by atoms with Gasteiger partial charge in [0.15, 0.2) is 17.3 Å². The van der Waals surface area contributed by atoms with Crippen molar-refractivity contribution < 1.29 is 14.3 Å². The quantitative estimate of drug-likeness (QED) is 0.925. The van der Waals surface area contributed by atoms with Crippen LogP contribution in [0.2, 0.25) is 0 Å². The van der Waals surface area contributed by atoms with Crippen molar-refractivity contribution in [3.8, 4) is 22.6 Å². The molecule has 2 aliphatic rings. The molecule has 4 rings (SSSR count). The maximum atomic E-state index is 12.8. The third-order valence-electron chi connectivity index (χ3n) is 4.55. The minimum absolute atomic E-state index is 0.135. The second kappa shape index (κ2) is 4.85. The van der Waals surface area contributed by atoms with Gasteiger partial charge in [-0.05, 0) is 29.2 Å². The van der Waals surface area contributed by atoms with E-state index in [0.717, 1.165) is 41.0 Å². The molecule has 1 heterocycles. The van der Waals surface area contributed by atoms with Gasteiger partial charge in [-0.15, -0.1) is 0 Å². The Balaban J connectivity index is 2.13. The number of rotatable bonds is 2. The molecule has 0 saturated carbocycles. The highest BCUT2D eigenvalue weighted by molar-refractivity contribution is 6.11. The zero-order valence-electron chi connectivity index (χ0n) is 12.6. The van der Waals surface area contributed by atoms with Gasteiger partial charge in [0.05, 0.1) is 20.3 Å². The number of Topliss-reactive ketones (excluding diaryl/α,β-unsaturated/α-hetero) is 1. The van der Waals surface area contributed by atoms with Gasteiger partial charge in [0.25, 0.3) is 0 Å². The molecule has 0 fully saturated rings. The van der Waals surface area contributed by atoms with Crippen molar-refractivity contribution in [2.24, 2.45) is 0 Å². The smallest absolute Gasteiger partial charge is 0.184 e. The van der Waals surface area contributed by atoms with Crippen LogP contribution in [-0.2, 0) is 6.42 Å². The van der Waals surface area contributed by atoms with Crippen LogP contribution < -0.4 is 14.8 Å². The minimum Gasteiger partial charge on any atom is -0.493 e. The molecule has 112 valence electrons. The Bertz CT molecular complexity index is 782. The molecule has 2 aromatic carbocycles. The van der Waals surface area contributed by atoms with E-state index in [0.29, 0.717) is 5.75 Å². The summed E-state index contributed by atoms with van der Waals surface area (Å²) in [7, 11) is 3.29. The molecule has 4 heteroatoms. The molecule has 0 amide bonds. The van der Waals surface area contributed by atoms with E-state index >= 15 is 0 Å². The molecule has 1 N–H and O–H groups in total. The van der Waals surface area contributed by atoms with Crippen molar-refractivity contribution in [2.45, 2.75) is 12.5 Å². The van der Waals surface area contributed by atoms with Crippen molar-refractivity contribution in [3.63, 3.8) is 0 Å². The summed E-state index contributed by atoms with van der Waals surface area (Å²) in [6.07, 6.45) is 0.884. The van der Waals surface area contributed by atoms with Crippen molar-refractivity contribution in [1.29, 1.82) is 0 Å². The molecule has 0 bridgehead atoms. The zero-order chi connectivity index (χ0) is 15.3. The summed E-state index contributed by atoms with van der Waals surface area (Å²) >= 11 is 0. The number of nitrogens with one attached hydrogen (secondary N) is 1. The number of carbonyl (C=O) groups excluding carboxylic acids is 1. The topological polar surface area (TPSA) is 47.6 Å². The third kappa shape index (κ3) is 1.64. The molecular weight excluding hydrogens is 278 g/mol. The van der Waals surface area contributed by atoms with Crippen LogP contribution in [0.25, 0.3) is 11.1 Å². The third-order valence-corrected chi connectivity index (χ3v) is 4.55. The fourth-order valence-corrected chi connectivity index (χ4v) is 3.61. The Morgan fingerprint density at radius 2 is 1.91 bits per heavy atom. The van der Waals surface area contributed by atoms with E-state index in [1.54, 1.807) is 14.2 Å². The summed E-state index contributed by atoms with van der Waals surface area (Å²) < 4.78 is 11.2. The normalized spacial score (nSPS) is 18.5. The first kappa shape index (κ1) is 13.3. The monoisotopic (exact) mass is 295 g/mol. The second-order valence-electron chi connectivity index (χ2n) is 5.61. The van der Waals surface area contributed by atoms with Gasteiger partial charge in [-0.3, -0.25) is 4.79 Å². The Morgan fingerprint density at radius 1 is 1.14 bits per heavy atom. The van der Waals surface area contributed by atoms with Crippen molar-refractivity contribution in [1.82, 2.24) is 5.32 Å². The van der Waals surface area contributed by atoms with Crippen molar-refractivity contribution in [2.75, 3.05) is 20.8 Å². The Hall–Kier alpha value is -2.33. The molecule has 1 aliphatic heterocycles. The van der Waals surface area contributed by atoms with Crippen LogP contribution in [0.1, 0.15) is 27.5 Å². The molecule has 2 aromatic rings. The molecule has 4 nitrogen and oxygen atoms in total. The first-order valence-corrected chi connectivity index (χ1v) is 7.41. The van der Waals surface area contributed by atoms with Crippen LogP contribution in [0.4, 0.5) is 0 Å². The van der Waals surface area contributed by atoms with E-state index in [1.165, 1.54) is 5.56 Å². The van der Waals surface area contributed by atoms with Crippen LogP contribution in [0.15, 0.2) is 30.3 Å². The molecule has 1 atom stereocenters. The summed E-state index contributed by atoms with van der Waals surface area (Å²) in [5.74, 6) is 1.56. The molecule has 0 unspecified atom stereocenters. The molecule has 0 saturated heterocycles. The molecule has 0 aromatic heterocycles. The predicted octanol–water partition coefficient (Wildman–Crippen LogP) is 2.75. The number of hydrogen-bond donors (Lipinski definition) is 1. The molecule has 1 aliphatic carbocycles. The number of ether oxygens (including phenoxy) is 2. The van der Waals surface area contributed by atoms with Crippen LogP contribution in [-0.4, -0.2) is 26.5 Å². The van der Waals surface area contributed by atoms with Crippen LogP contribution in [0.3, 0.4) is 0 Å². The lowest BCUT2D eigenvalue weighted by Gasteiger charge is -2.34. The first-order chi connectivity index (χ1) is 10.8. The van der Waals surface area contributed by atoms with Crippen LogP contribution in [0.5, 0.6) is 11.5 Å². The van der Waals surface area contributed by atoms with E-state index in [1.807, 2.05) is 30.3 Å². The standard InChI is InChI=1S/C18H17NO3/c1-21-13-9-10-7-8-19-16-14(10)15(18(13)22-2)11-5-3-4-6-12(11)17(16)20/h3-6,9,16,19H,7-8H2,1-2H3/t16-/m0/s1. The zero-order valence-corrected chi connectivity index (χ0v) is 12.6. The van der Waals surface area contributed by atoms with Crippen LogP contribution in [0, 0.1) is 0 Å². The highest BCUT2D eigenvalue weighted by Gasteiger charge is 2.38. The Labute approximate surface area is 129 Å². The highest BCUT2D eigenvalue weighted by Crippen LogP contribution is 2.50. The molecule has 0 radical (unpaired) electrons. The summed E-state index contributed by atoms with van der Waals surface area (Å²) in [5, 5.41) is 3.35. The summed E-state index contributed by atoms with van der Waals surface area (Å²) in [6, 6.07) is 9.44. The fraction of sp³-hybridized carbons (Fsp3) is 0.278. The van der Waals surface area contributed by atoms with Crippen molar-refractivity contribution in [3.05, 3.63) is 47.0 Å². The summed E-state index contributed by atoms with van der Waals surface area (Å²) in [4.78, 5) is 12.8. The van der Waals surface area contributed by atoms with Gasteiger partial charge in [-0.1, -0.05) is 24.3 Å². The van der Waals surface area contributed by atoms with Gasteiger partial charge in [0, 0.05) is 17.7 Å². The number of fused-ring (bicyclic) bond motifs is 2. The second-order valence-corrected chi connectivity index (χ2v) is 5.61. The summed E-state index contributed by atoms with van der Waals surface area (Å²) in [5.41, 5.74) is 4.88. The Kier molecular flexibility index (Phi) is 2.94. The maximum absolute atomic E-state index is 12.8. The maximum Gasteiger partial charge on any atom is 0.184 e. The van der Waals surface area contributed by atoms with E-state index in [4.69, 9.17) is 9.47 Å². The summed E-state index contributed by atoms with van der Waals surface area (Å²) in [6.45, 7) is 0.792. The average Bonchev–Trinajstić information content (AvgIpc) is 2.58. The lowest BCUT2D eigenvalue weighted by atomic mass is 9.76. The van der Waals surface area contributed by atoms with Gasteiger partial charge in [0.2, 0.25) is 0 Å². The number of benzene rings is 2. The number of hydrogen-bond acceptors (Lipinski definition) is 4. The van der Waals surface area contributed by atoms with E-state index in [9.17, 15) is 4.79 Å². The van der Waals surface area contributed by atoms with Gasteiger partial charge >= 0.3 is 0 Å². The van der Waals surface area contributed by atoms with E-state index in [2.05, 4.69) is 5.32 Å². The molecule has 0 spiro atoms. The van der Waals surface area contributed by atoms with Gasteiger partial charge in [-0.25, -0.2) is 0 Å². The SMILES string of the molecule is COc1cc2c3c(c1OC)-c1ccccc1C(=O)[C@H]3NCC2. The number of methoxy groups -OCH3 is 2. The minimum atomic E-state index is -0.284. The van der Waals surface area contributed by atoms with E-state index in [-0.39, 0.29) is 11.8 Å². The number of ketones is 1.